The number of H-pyrrole nitrogens is 1. The number of aldehydes is 1. The smallest absolute Gasteiger partial charge is 0.150 e. The summed E-state index contributed by atoms with van der Waals surface area (Å²) in [6, 6.07) is 15.6. The van der Waals surface area contributed by atoms with Gasteiger partial charge in [-0.25, -0.2) is 8.78 Å². The van der Waals surface area contributed by atoms with Gasteiger partial charge in [-0.2, -0.15) is 5.10 Å². The number of hydrogen-bond donors (Lipinski definition) is 5. The normalized spacial score (nSPS) is 12.9. The maximum atomic E-state index is 13.6. The van der Waals surface area contributed by atoms with Crippen molar-refractivity contribution in [3.05, 3.63) is 119 Å². The summed E-state index contributed by atoms with van der Waals surface area (Å²) in [6.45, 7) is 5.72. The van der Waals surface area contributed by atoms with Crippen molar-refractivity contribution in [3.63, 3.8) is 0 Å². The zero-order valence-corrected chi connectivity index (χ0v) is 23.4. The number of halogens is 2. The molecule has 0 aliphatic carbocycles. The van der Waals surface area contributed by atoms with Gasteiger partial charge in [0.2, 0.25) is 0 Å². The van der Waals surface area contributed by atoms with E-state index in [4.69, 9.17) is 11.6 Å². The van der Waals surface area contributed by atoms with Gasteiger partial charge in [0.1, 0.15) is 29.5 Å². The average molecular weight is 573 g/mol. The second kappa shape index (κ2) is 15.1. The molecule has 42 heavy (non-hydrogen) atoms. The number of fused-ring (bicyclic) bond motifs is 1. The predicted octanol–water partition coefficient (Wildman–Crippen LogP) is 4.98. The Hall–Kier alpha value is -5.09. The molecule has 0 saturated heterocycles. The Labute approximate surface area is 243 Å². The zero-order valence-electron chi connectivity index (χ0n) is 23.4. The number of aromatic nitrogens is 1. The summed E-state index contributed by atoms with van der Waals surface area (Å²) in [4.78, 5) is 17.9. The largest absolute Gasteiger partial charge is 0.508 e. The summed E-state index contributed by atoms with van der Waals surface area (Å²) in [7, 11) is 1.77. The molecule has 1 aromatic heterocycles. The Kier molecular flexibility index (Phi) is 11.3. The molecule has 0 bridgehead atoms. The summed E-state index contributed by atoms with van der Waals surface area (Å²) in [6.07, 6.45) is 6.71. The molecule has 1 heterocycles. The van der Waals surface area contributed by atoms with Gasteiger partial charge in [-0.1, -0.05) is 30.9 Å². The van der Waals surface area contributed by atoms with E-state index in [9.17, 15) is 18.7 Å². The van der Waals surface area contributed by atoms with Gasteiger partial charge in [-0.3, -0.25) is 4.99 Å². The van der Waals surface area contributed by atoms with Crippen LogP contribution in [0.4, 0.5) is 8.78 Å². The number of nitrogens with zero attached hydrogens (tertiary/aromatic N) is 2. The van der Waals surface area contributed by atoms with Crippen molar-refractivity contribution < 1.29 is 18.7 Å². The molecule has 0 saturated carbocycles. The third kappa shape index (κ3) is 7.98. The first-order chi connectivity index (χ1) is 20.2. The summed E-state index contributed by atoms with van der Waals surface area (Å²) in [5, 5.41) is 16.9. The molecule has 1 unspecified atom stereocenters. The highest BCUT2D eigenvalue weighted by molar-refractivity contribution is 5.98. The van der Waals surface area contributed by atoms with Gasteiger partial charge in [-0.05, 0) is 73.5 Å². The minimum Gasteiger partial charge on any atom is -0.508 e. The van der Waals surface area contributed by atoms with E-state index < -0.39 is 11.6 Å². The van der Waals surface area contributed by atoms with Crippen LogP contribution in [-0.2, 0) is 17.6 Å². The Bertz CT molecular complexity index is 1620. The van der Waals surface area contributed by atoms with Crippen molar-refractivity contribution in [1.29, 1.82) is 0 Å². The van der Waals surface area contributed by atoms with Crippen molar-refractivity contribution in [2.45, 2.75) is 25.8 Å². The highest BCUT2D eigenvalue weighted by Crippen LogP contribution is 2.26. The highest BCUT2D eigenvalue weighted by atomic mass is 19.1. The van der Waals surface area contributed by atoms with Gasteiger partial charge in [0.15, 0.2) is 0 Å². The Morgan fingerprint density at radius 1 is 1.12 bits per heavy atom. The molecule has 8 nitrogen and oxygen atoms in total. The SMILES string of the molecule is C=C/C(=C(\N=CC)C(Cc1cc(F)cc(F)c1)NC)c1cccc(/C(N)=N/N)c1.O=CCc1c[nH]c2ccc(O)cc12. The fourth-order valence-corrected chi connectivity index (χ4v) is 4.50. The van der Waals surface area contributed by atoms with E-state index in [2.05, 4.69) is 27.0 Å². The van der Waals surface area contributed by atoms with Gasteiger partial charge in [-0.15, -0.1) is 0 Å². The number of aromatic amines is 1. The number of phenols is 1. The minimum absolute atomic E-state index is 0.205. The summed E-state index contributed by atoms with van der Waals surface area (Å²) >= 11 is 0. The van der Waals surface area contributed by atoms with Crippen LogP contribution < -0.4 is 16.9 Å². The summed E-state index contributed by atoms with van der Waals surface area (Å²) < 4.78 is 27.2. The number of rotatable bonds is 10. The molecule has 7 N–H and O–H groups in total. The van der Waals surface area contributed by atoms with E-state index in [1.54, 1.807) is 56.7 Å². The monoisotopic (exact) mass is 572 g/mol. The van der Waals surface area contributed by atoms with Crippen LogP contribution in [0.5, 0.6) is 5.75 Å². The lowest BCUT2D eigenvalue weighted by molar-refractivity contribution is -0.107. The van der Waals surface area contributed by atoms with Gasteiger partial charge in [0.25, 0.3) is 0 Å². The number of benzene rings is 3. The van der Waals surface area contributed by atoms with Gasteiger partial charge in [0.05, 0.1) is 11.7 Å². The topological polar surface area (TPSA) is 142 Å². The summed E-state index contributed by atoms with van der Waals surface area (Å²) in [5.41, 5.74) is 11.1. The molecule has 0 aliphatic rings. The van der Waals surface area contributed by atoms with Crippen LogP contribution in [0, 0.1) is 11.6 Å². The zero-order chi connectivity index (χ0) is 30.6. The Morgan fingerprint density at radius 2 is 1.83 bits per heavy atom. The molecule has 4 aromatic rings. The van der Waals surface area contributed by atoms with E-state index in [0.717, 1.165) is 40.0 Å². The molecule has 4 rings (SSSR count). The average Bonchev–Trinajstić information content (AvgIpc) is 3.37. The number of carbonyl (C=O) groups is 1. The van der Waals surface area contributed by atoms with Gasteiger partial charge in [0, 0.05) is 46.9 Å². The number of hydrogen-bond acceptors (Lipinski definition) is 6. The molecular weight excluding hydrogens is 538 g/mol. The number of phenolic OH excluding ortho intramolecular Hbond substituents is 1. The number of nitrogens with one attached hydrogen (secondary N) is 2. The van der Waals surface area contributed by atoms with E-state index in [-0.39, 0.29) is 17.6 Å². The molecular formula is C32H34F2N6O2. The van der Waals surface area contributed by atoms with Gasteiger partial charge >= 0.3 is 0 Å². The van der Waals surface area contributed by atoms with Crippen LogP contribution in [0.1, 0.15) is 29.2 Å². The quantitative estimate of drug-likeness (QED) is 0.0455. The standard InChI is InChI=1S/C22H25F2N5.C10H9NO2/c1-4-19(15-7-6-8-16(12-15)22(25)29-26)21(28-5-2)20(27-3)11-14-9-17(23)13-18(24)10-14;12-4-3-7-6-11-10-2-1-8(13)5-9(7)10/h4-10,12-13,20,27H,1,11,26H2,2-3H3,(H2,25,29);1-2,4-6,11,13H,3H2/b21-19+,28-5?;. The first-order valence-electron chi connectivity index (χ1n) is 13.1. The first-order valence-corrected chi connectivity index (χ1v) is 13.1. The molecule has 0 aliphatic heterocycles. The molecule has 3 aromatic carbocycles. The Balaban J connectivity index is 0.000000307. The maximum absolute atomic E-state index is 13.6. The maximum Gasteiger partial charge on any atom is 0.150 e. The van der Waals surface area contributed by atoms with Crippen molar-refractivity contribution in [3.8, 4) is 5.75 Å². The van der Waals surface area contributed by atoms with Crippen molar-refractivity contribution in [1.82, 2.24) is 10.3 Å². The molecule has 10 heteroatoms. The number of amidine groups is 1. The Morgan fingerprint density at radius 3 is 2.45 bits per heavy atom. The van der Waals surface area contributed by atoms with Gasteiger partial charge < -0.3 is 31.8 Å². The minimum atomic E-state index is -0.618. The summed E-state index contributed by atoms with van der Waals surface area (Å²) in [5.74, 6) is 4.48. The van der Waals surface area contributed by atoms with Crippen LogP contribution in [-0.4, -0.2) is 41.5 Å². The predicted molar refractivity (Wildman–Crippen MR) is 165 cm³/mol. The molecule has 0 fully saturated rings. The van der Waals surface area contributed by atoms with Crippen molar-refractivity contribution in [2.75, 3.05) is 7.05 Å². The van der Waals surface area contributed by atoms with E-state index >= 15 is 0 Å². The third-order valence-corrected chi connectivity index (χ3v) is 6.45. The van der Waals surface area contributed by atoms with Crippen LogP contribution in [0.25, 0.3) is 16.5 Å². The number of likely N-dealkylation sites (N-methyl/N-ethyl adjacent to an activating group) is 1. The molecule has 0 radical (unpaired) electrons. The lowest BCUT2D eigenvalue weighted by atomic mass is 9.95. The first kappa shape index (κ1) is 31.4. The van der Waals surface area contributed by atoms with Crippen LogP contribution in [0.2, 0.25) is 0 Å². The van der Waals surface area contributed by atoms with Crippen LogP contribution >= 0.6 is 0 Å². The number of hydrazone groups is 1. The van der Waals surface area contributed by atoms with E-state index in [0.29, 0.717) is 29.7 Å². The van der Waals surface area contributed by atoms with Crippen LogP contribution in [0.15, 0.2) is 95.3 Å². The lowest BCUT2D eigenvalue weighted by Gasteiger charge is -2.20. The number of aliphatic imine (C=N–C) groups is 1. The van der Waals surface area contributed by atoms with E-state index in [1.165, 1.54) is 12.1 Å². The lowest BCUT2D eigenvalue weighted by Crippen LogP contribution is -2.30. The fraction of sp³-hybridized carbons (Fsp3) is 0.156. The van der Waals surface area contributed by atoms with Crippen molar-refractivity contribution >= 4 is 34.8 Å². The molecule has 0 amide bonds. The molecule has 218 valence electrons. The number of aromatic hydroxyl groups is 1. The second-order valence-electron chi connectivity index (χ2n) is 9.22. The molecule has 1 atom stereocenters. The number of nitrogens with two attached hydrogens (primary N) is 2. The molecule has 0 spiro atoms. The number of allylic oxidation sites excluding steroid dienone is 2. The van der Waals surface area contributed by atoms with Crippen molar-refractivity contribution in [2.24, 2.45) is 21.7 Å². The second-order valence-corrected chi connectivity index (χ2v) is 9.22. The fourth-order valence-electron chi connectivity index (χ4n) is 4.50. The highest BCUT2D eigenvalue weighted by Gasteiger charge is 2.18. The van der Waals surface area contributed by atoms with E-state index in [1.807, 2.05) is 18.2 Å². The third-order valence-electron chi connectivity index (χ3n) is 6.45. The number of carbonyl (C=O) groups excluding carboxylic acids is 1. The van der Waals surface area contributed by atoms with Crippen LogP contribution in [0.3, 0.4) is 0 Å².